The van der Waals surface area contributed by atoms with E-state index in [1.54, 1.807) is 28.7 Å². The Labute approximate surface area is 188 Å². The number of hydrogen-bond acceptors (Lipinski definition) is 6. The van der Waals surface area contributed by atoms with Crippen LogP contribution in [0.15, 0.2) is 34.0 Å². The highest BCUT2D eigenvalue weighted by molar-refractivity contribution is 7.89. The average molecular weight is 466 g/mol. The maximum atomic E-state index is 12.9. The molecule has 0 radical (unpaired) electrons. The lowest BCUT2D eigenvalue weighted by Crippen LogP contribution is -2.38. The molecule has 32 heavy (non-hydrogen) atoms. The molecule has 1 fully saturated rings. The van der Waals surface area contributed by atoms with Crippen LogP contribution in [0, 0.1) is 0 Å². The summed E-state index contributed by atoms with van der Waals surface area (Å²) in [4.78, 5) is 27.4. The molecule has 176 valence electrons. The third kappa shape index (κ3) is 4.79. The van der Waals surface area contributed by atoms with Crippen LogP contribution >= 0.6 is 0 Å². The van der Waals surface area contributed by atoms with E-state index in [2.05, 4.69) is 5.10 Å². The minimum atomic E-state index is -3.53. The Morgan fingerprint density at radius 2 is 1.81 bits per heavy atom. The number of amides is 1. The topological polar surface area (TPSA) is 107 Å². The normalized spacial score (nSPS) is 15.5. The summed E-state index contributed by atoms with van der Waals surface area (Å²) in [7, 11) is 0.994. The van der Waals surface area contributed by atoms with Crippen molar-refractivity contribution in [3.8, 4) is 0 Å². The molecular formula is C21H31N5O5S. The molecule has 0 spiro atoms. The SMILES string of the molecule is CCn1c(C2CCN(C(=O)c3ccc(S(=O)(=O)N(C)C)cc3)CC2)nn(CCOC)c1=O. The Kier molecular flexibility index (Phi) is 7.52. The van der Waals surface area contributed by atoms with Crippen LogP contribution in [0.4, 0.5) is 0 Å². The number of benzene rings is 1. The lowest BCUT2D eigenvalue weighted by Gasteiger charge is -2.31. The molecule has 1 aromatic heterocycles. The van der Waals surface area contributed by atoms with Crippen LogP contribution in [0.5, 0.6) is 0 Å². The Morgan fingerprint density at radius 3 is 2.34 bits per heavy atom. The third-order valence-electron chi connectivity index (χ3n) is 5.80. The first-order valence-corrected chi connectivity index (χ1v) is 12.1. The predicted octanol–water partition coefficient (Wildman–Crippen LogP) is 0.981. The fourth-order valence-corrected chi connectivity index (χ4v) is 4.79. The average Bonchev–Trinajstić information content (AvgIpc) is 3.12. The Bertz CT molecular complexity index is 1100. The fourth-order valence-electron chi connectivity index (χ4n) is 3.88. The molecule has 0 saturated carbocycles. The molecular weight excluding hydrogens is 434 g/mol. The van der Waals surface area contributed by atoms with Crippen LogP contribution in [-0.4, -0.2) is 78.8 Å². The van der Waals surface area contributed by atoms with Crippen LogP contribution in [0.2, 0.25) is 0 Å². The first-order valence-electron chi connectivity index (χ1n) is 10.7. The number of hydrogen-bond donors (Lipinski definition) is 0. The van der Waals surface area contributed by atoms with E-state index in [0.29, 0.717) is 51.2 Å². The lowest BCUT2D eigenvalue weighted by atomic mass is 9.95. The minimum absolute atomic E-state index is 0.100. The van der Waals surface area contributed by atoms with Gasteiger partial charge in [0.25, 0.3) is 5.91 Å². The number of sulfonamides is 1. The molecule has 1 amide bonds. The smallest absolute Gasteiger partial charge is 0.345 e. The van der Waals surface area contributed by atoms with Gasteiger partial charge < -0.3 is 9.64 Å². The van der Waals surface area contributed by atoms with Crippen molar-refractivity contribution in [3.05, 3.63) is 46.1 Å². The fraction of sp³-hybridized carbons (Fsp3) is 0.571. The number of carbonyl (C=O) groups excluding carboxylic acids is 1. The number of aromatic nitrogens is 3. The molecule has 1 aliphatic rings. The third-order valence-corrected chi connectivity index (χ3v) is 7.63. The van der Waals surface area contributed by atoms with Gasteiger partial charge in [-0.3, -0.25) is 9.36 Å². The number of methoxy groups -OCH3 is 1. The maximum absolute atomic E-state index is 12.9. The number of carbonyl (C=O) groups is 1. The summed E-state index contributed by atoms with van der Waals surface area (Å²) < 4.78 is 33.8. The van der Waals surface area contributed by atoms with E-state index >= 15 is 0 Å². The van der Waals surface area contributed by atoms with E-state index in [-0.39, 0.29) is 22.4 Å². The molecule has 2 heterocycles. The van der Waals surface area contributed by atoms with Crippen molar-refractivity contribution in [3.63, 3.8) is 0 Å². The second-order valence-electron chi connectivity index (χ2n) is 7.98. The van der Waals surface area contributed by atoms with Gasteiger partial charge in [0.1, 0.15) is 5.82 Å². The molecule has 1 aliphatic heterocycles. The van der Waals surface area contributed by atoms with E-state index < -0.39 is 10.0 Å². The molecule has 0 bridgehead atoms. The number of piperidine rings is 1. The van der Waals surface area contributed by atoms with E-state index in [0.717, 1.165) is 10.1 Å². The Hall–Kier alpha value is -2.50. The van der Waals surface area contributed by atoms with Crippen molar-refractivity contribution in [1.29, 1.82) is 0 Å². The second kappa shape index (κ2) is 9.97. The van der Waals surface area contributed by atoms with Crippen LogP contribution in [0.1, 0.15) is 41.9 Å². The Balaban J connectivity index is 1.68. The van der Waals surface area contributed by atoms with Gasteiger partial charge in [0.05, 0.1) is 18.0 Å². The van der Waals surface area contributed by atoms with Crippen LogP contribution in [0.3, 0.4) is 0 Å². The molecule has 0 unspecified atom stereocenters. The largest absolute Gasteiger partial charge is 0.383 e. The molecule has 11 heteroatoms. The molecule has 10 nitrogen and oxygen atoms in total. The zero-order valence-corrected chi connectivity index (χ0v) is 19.8. The number of ether oxygens (including phenoxy) is 1. The first kappa shape index (κ1) is 24.1. The molecule has 1 aromatic carbocycles. The molecule has 2 aromatic rings. The lowest BCUT2D eigenvalue weighted by molar-refractivity contribution is 0.0710. The van der Waals surface area contributed by atoms with Crippen molar-refractivity contribution in [2.24, 2.45) is 0 Å². The molecule has 0 aliphatic carbocycles. The molecule has 0 N–H and O–H groups in total. The molecule has 0 atom stereocenters. The van der Waals surface area contributed by atoms with E-state index in [1.165, 1.54) is 30.9 Å². The van der Waals surface area contributed by atoms with E-state index in [4.69, 9.17) is 4.74 Å². The van der Waals surface area contributed by atoms with Gasteiger partial charge >= 0.3 is 5.69 Å². The van der Waals surface area contributed by atoms with Crippen molar-refractivity contribution in [2.75, 3.05) is 40.9 Å². The summed E-state index contributed by atoms with van der Waals surface area (Å²) in [5.74, 6) is 0.734. The van der Waals surface area contributed by atoms with E-state index in [1.807, 2.05) is 6.92 Å². The number of nitrogens with zero attached hydrogens (tertiary/aromatic N) is 5. The van der Waals surface area contributed by atoms with Gasteiger partial charge in [-0.25, -0.2) is 22.2 Å². The highest BCUT2D eigenvalue weighted by atomic mass is 32.2. The summed E-state index contributed by atoms with van der Waals surface area (Å²) in [6, 6.07) is 6.03. The van der Waals surface area contributed by atoms with Crippen molar-refractivity contribution >= 4 is 15.9 Å². The summed E-state index contributed by atoms with van der Waals surface area (Å²) in [5.41, 5.74) is 0.321. The van der Waals surface area contributed by atoms with E-state index in [9.17, 15) is 18.0 Å². The van der Waals surface area contributed by atoms with Crippen molar-refractivity contribution in [1.82, 2.24) is 23.6 Å². The van der Waals surface area contributed by atoms with Crippen molar-refractivity contribution in [2.45, 2.75) is 43.7 Å². The highest BCUT2D eigenvalue weighted by Gasteiger charge is 2.29. The van der Waals surface area contributed by atoms with Crippen LogP contribution < -0.4 is 5.69 Å². The molecule has 1 saturated heterocycles. The van der Waals surface area contributed by atoms with Gasteiger partial charge in [0, 0.05) is 52.3 Å². The summed E-state index contributed by atoms with van der Waals surface area (Å²) >= 11 is 0. The van der Waals surface area contributed by atoms with Gasteiger partial charge in [0.2, 0.25) is 10.0 Å². The van der Waals surface area contributed by atoms with Crippen molar-refractivity contribution < 1.29 is 17.9 Å². The first-order chi connectivity index (χ1) is 15.2. The maximum Gasteiger partial charge on any atom is 0.345 e. The Morgan fingerprint density at radius 1 is 1.19 bits per heavy atom. The standard InChI is InChI=1S/C21H31N5O5S/c1-5-25-19(22-26(21(25)28)14-15-31-4)16-10-12-24(13-11-16)20(27)17-6-8-18(9-7-17)32(29,30)23(2)3/h6-9,16H,5,10-15H2,1-4H3. The van der Waals surface area contributed by atoms with Gasteiger partial charge in [-0.2, -0.15) is 5.10 Å². The zero-order chi connectivity index (χ0) is 23.5. The second-order valence-corrected chi connectivity index (χ2v) is 10.1. The van der Waals surface area contributed by atoms with Gasteiger partial charge in [0.15, 0.2) is 0 Å². The van der Waals surface area contributed by atoms with Crippen LogP contribution in [0.25, 0.3) is 0 Å². The number of likely N-dealkylation sites (tertiary alicyclic amines) is 1. The highest BCUT2D eigenvalue weighted by Crippen LogP contribution is 2.27. The van der Waals surface area contributed by atoms with Gasteiger partial charge in [-0.05, 0) is 44.0 Å². The molecule has 3 rings (SSSR count). The monoisotopic (exact) mass is 465 g/mol. The summed E-state index contributed by atoms with van der Waals surface area (Å²) in [6.45, 7) is 4.39. The van der Waals surface area contributed by atoms with Gasteiger partial charge in [-0.15, -0.1) is 0 Å². The van der Waals surface area contributed by atoms with Gasteiger partial charge in [-0.1, -0.05) is 0 Å². The quantitative estimate of drug-likeness (QED) is 0.575. The summed E-state index contributed by atoms with van der Waals surface area (Å²) in [5, 5.41) is 4.54. The predicted molar refractivity (Wildman–Crippen MR) is 119 cm³/mol. The minimum Gasteiger partial charge on any atom is -0.383 e. The zero-order valence-electron chi connectivity index (χ0n) is 19.0. The summed E-state index contributed by atoms with van der Waals surface area (Å²) in [6.07, 6.45) is 1.42. The van der Waals surface area contributed by atoms with Crippen LogP contribution in [-0.2, 0) is 27.8 Å². The number of rotatable bonds is 8.